The van der Waals surface area contributed by atoms with Gasteiger partial charge in [-0.1, -0.05) is 17.7 Å². The molecule has 2 heterocycles. The largest absolute Gasteiger partial charge is 0.368 e. The summed E-state index contributed by atoms with van der Waals surface area (Å²) in [6.07, 6.45) is 0. The summed E-state index contributed by atoms with van der Waals surface area (Å²) in [5, 5.41) is 15.9. The molecule has 0 saturated carbocycles. The highest BCUT2D eigenvalue weighted by Gasteiger charge is 2.26. The first-order valence-corrected chi connectivity index (χ1v) is 8.71. The topological polar surface area (TPSA) is 84.5 Å². The number of rotatable bonds is 4. The van der Waals surface area contributed by atoms with Gasteiger partial charge in [-0.3, -0.25) is 19.6 Å². The zero-order valence-electron chi connectivity index (χ0n) is 14.7. The number of amides is 1. The molecular formula is C17H20ClN5O3. The maximum Gasteiger partial charge on any atom is 0.312 e. The monoisotopic (exact) mass is 377 g/mol. The molecule has 0 aliphatic carbocycles. The Morgan fingerprint density at radius 2 is 1.96 bits per heavy atom. The minimum Gasteiger partial charge on any atom is -0.368 e. The van der Waals surface area contributed by atoms with Crippen molar-refractivity contribution in [1.82, 2.24) is 14.7 Å². The van der Waals surface area contributed by atoms with Crippen LogP contribution in [0.2, 0.25) is 5.02 Å². The maximum atomic E-state index is 12.6. The molecule has 138 valence electrons. The zero-order valence-corrected chi connectivity index (χ0v) is 15.4. The average Bonchev–Trinajstić information content (AvgIpc) is 2.88. The standard InChI is InChI=1S/C17H20ClN5O3/c1-12-17(23(25)26)13(2)22(19-12)11-16(24)21-8-6-20(7-9-21)15-5-3-4-14(18)10-15/h3-5,10H,6-9,11H2,1-2H3. The third-order valence-electron chi connectivity index (χ3n) is 4.62. The lowest BCUT2D eigenvalue weighted by Gasteiger charge is -2.36. The second-order valence-electron chi connectivity index (χ2n) is 6.28. The highest BCUT2D eigenvalue weighted by Crippen LogP contribution is 2.23. The van der Waals surface area contributed by atoms with Gasteiger partial charge in [-0.2, -0.15) is 5.10 Å². The first-order chi connectivity index (χ1) is 12.4. The second kappa shape index (κ2) is 7.33. The molecule has 1 aliphatic rings. The van der Waals surface area contributed by atoms with Gasteiger partial charge >= 0.3 is 5.69 Å². The van der Waals surface area contributed by atoms with Gasteiger partial charge < -0.3 is 9.80 Å². The van der Waals surface area contributed by atoms with Gasteiger partial charge in [0.25, 0.3) is 0 Å². The van der Waals surface area contributed by atoms with E-state index in [9.17, 15) is 14.9 Å². The molecule has 1 aliphatic heterocycles. The first kappa shape index (κ1) is 18.2. The number of carbonyl (C=O) groups excluding carboxylic acids is 1. The average molecular weight is 378 g/mol. The molecule has 0 unspecified atom stereocenters. The number of nitro groups is 1. The SMILES string of the molecule is Cc1nn(CC(=O)N2CCN(c3cccc(Cl)c3)CC2)c(C)c1[N+](=O)[O-]. The highest BCUT2D eigenvalue weighted by atomic mass is 35.5. The lowest BCUT2D eigenvalue weighted by atomic mass is 10.2. The summed E-state index contributed by atoms with van der Waals surface area (Å²) < 4.78 is 1.42. The molecule has 1 saturated heterocycles. The molecule has 26 heavy (non-hydrogen) atoms. The number of hydrogen-bond acceptors (Lipinski definition) is 5. The number of anilines is 1. The number of aryl methyl sites for hydroxylation is 1. The van der Waals surface area contributed by atoms with Crippen molar-refractivity contribution in [2.24, 2.45) is 0 Å². The number of piperazine rings is 1. The van der Waals surface area contributed by atoms with Crippen LogP contribution in [0.3, 0.4) is 0 Å². The van der Waals surface area contributed by atoms with Crippen LogP contribution in [0.4, 0.5) is 11.4 Å². The van der Waals surface area contributed by atoms with Gasteiger partial charge in [0.2, 0.25) is 5.91 Å². The van der Waals surface area contributed by atoms with E-state index in [0.717, 1.165) is 5.69 Å². The molecule has 1 fully saturated rings. The summed E-state index contributed by atoms with van der Waals surface area (Å²) in [6, 6.07) is 7.65. The van der Waals surface area contributed by atoms with E-state index >= 15 is 0 Å². The van der Waals surface area contributed by atoms with E-state index < -0.39 is 4.92 Å². The lowest BCUT2D eigenvalue weighted by molar-refractivity contribution is -0.386. The lowest BCUT2D eigenvalue weighted by Crippen LogP contribution is -2.49. The first-order valence-electron chi connectivity index (χ1n) is 8.33. The molecule has 0 N–H and O–H groups in total. The fraction of sp³-hybridized carbons (Fsp3) is 0.412. The molecule has 2 aromatic rings. The van der Waals surface area contributed by atoms with Gasteiger partial charge in [-0.15, -0.1) is 0 Å². The van der Waals surface area contributed by atoms with E-state index in [1.807, 2.05) is 24.3 Å². The van der Waals surface area contributed by atoms with Gasteiger partial charge in [-0.05, 0) is 32.0 Å². The Morgan fingerprint density at radius 3 is 2.54 bits per heavy atom. The number of carbonyl (C=O) groups is 1. The number of benzene rings is 1. The third kappa shape index (κ3) is 3.65. The van der Waals surface area contributed by atoms with Crippen LogP contribution in [0.1, 0.15) is 11.4 Å². The van der Waals surface area contributed by atoms with Crippen LogP contribution >= 0.6 is 11.6 Å². The number of hydrogen-bond donors (Lipinski definition) is 0. The van der Waals surface area contributed by atoms with Crippen molar-refractivity contribution in [2.75, 3.05) is 31.1 Å². The van der Waals surface area contributed by atoms with Crippen molar-refractivity contribution in [2.45, 2.75) is 20.4 Å². The minimum atomic E-state index is -0.456. The third-order valence-corrected chi connectivity index (χ3v) is 4.85. The molecule has 1 amide bonds. The van der Waals surface area contributed by atoms with Crippen molar-refractivity contribution in [3.05, 3.63) is 50.8 Å². The number of aromatic nitrogens is 2. The number of nitrogens with zero attached hydrogens (tertiary/aromatic N) is 5. The minimum absolute atomic E-state index is 0.0116. The van der Waals surface area contributed by atoms with Crippen LogP contribution in [0.5, 0.6) is 0 Å². The summed E-state index contributed by atoms with van der Waals surface area (Å²) in [5.41, 5.74) is 1.74. The zero-order chi connectivity index (χ0) is 18.8. The van der Waals surface area contributed by atoms with Gasteiger partial charge in [-0.25, -0.2) is 0 Å². The van der Waals surface area contributed by atoms with Gasteiger partial charge in [0.1, 0.15) is 17.9 Å². The Kier molecular flexibility index (Phi) is 5.13. The molecule has 3 rings (SSSR count). The number of halogens is 1. The Labute approximate surface area is 156 Å². The molecule has 1 aromatic heterocycles. The van der Waals surface area contributed by atoms with Crippen LogP contribution in [-0.4, -0.2) is 51.7 Å². The van der Waals surface area contributed by atoms with Crippen molar-refractivity contribution >= 4 is 28.9 Å². The van der Waals surface area contributed by atoms with Crippen molar-refractivity contribution in [3.8, 4) is 0 Å². The van der Waals surface area contributed by atoms with E-state index in [1.165, 1.54) is 4.68 Å². The predicted octanol–water partition coefficient (Wildman–Crippen LogP) is 2.41. The Balaban J connectivity index is 1.62. The van der Waals surface area contributed by atoms with Crippen LogP contribution in [0, 0.1) is 24.0 Å². The Hall–Kier alpha value is -2.61. The summed E-state index contributed by atoms with van der Waals surface area (Å²) in [4.78, 5) is 27.1. The smallest absolute Gasteiger partial charge is 0.312 e. The maximum absolute atomic E-state index is 12.6. The summed E-state index contributed by atoms with van der Waals surface area (Å²) in [5.74, 6) is -0.0868. The van der Waals surface area contributed by atoms with Crippen molar-refractivity contribution in [1.29, 1.82) is 0 Å². The van der Waals surface area contributed by atoms with E-state index in [4.69, 9.17) is 11.6 Å². The normalized spacial score (nSPS) is 14.6. The Morgan fingerprint density at radius 1 is 1.27 bits per heavy atom. The quantitative estimate of drug-likeness (QED) is 0.603. The van der Waals surface area contributed by atoms with Crippen molar-refractivity contribution in [3.63, 3.8) is 0 Å². The van der Waals surface area contributed by atoms with Crippen LogP contribution in [0.15, 0.2) is 24.3 Å². The fourth-order valence-electron chi connectivity index (χ4n) is 3.22. The molecule has 9 heteroatoms. The van der Waals surface area contributed by atoms with Crippen LogP contribution in [0.25, 0.3) is 0 Å². The van der Waals surface area contributed by atoms with E-state index in [-0.39, 0.29) is 18.1 Å². The molecule has 0 radical (unpaired) electrons. The van der Waals surface area contributed by atoms with Crippen molar-refractivity contribution < 1.29 is 9.72 Å². The van der Waals surface area contributed by atoms with Crippen LogP contribution in [-0.2, 0) is 11.3 Å². The molecule has 0 bridgehead atoms. The van der Waals surface area contributed by atoms with Gasteiger partial charge in [0.05, 0.1) is 4.92 Å². The van der Waals surface area contributed by atoms with E-state index in [0.29, 0.717) is 42.6 Å². The molecule has 0 spiro atoms. The van der Waals surface area contributed by atoms with E-state index in [1.54, 1.807) is 18.7 Å². The summed E-state index contributed by atoms with van der Waals surface area (Å²) in [6.45, 7) is 5.81. The second-order valence-corrected chi connectivity index (χ2v) is 6.72. The Bertz CT molecular complexity index is 843. The summed E-state index contributed by atoms with van der Waals surface area (Å²) >= 11 is 6.04. The van der Waals surface area contributed by atoms with E-state index in [2.05, 4.69) is 10.00 Å². The predicted molar refractivity (Wildman–Crippen MR) is 98.6 cm³/mol. The highest BCUT2D eigenvalue weighted by molar-refractivity contribution is 6.30. The van der Waals surface area contributed by atoms with Gasteiger partial charge in [0, 0.05) is 36.9 Å². The summed E-state index contributed by atoms with van der Waals surface area (Å²) in [7, 11) is 0. The van der Waals surface area contributed by atoms with Crippen LogP contribution < -0.4 is 4.90 Å². The van der Waals surface area contributed by atoms with Gasteiger partial charge in [0.15, 0.2) is 0 Å². The molecule has 0 atom stereocenters. The fourth-order valence-corrected chi connectivity index (χ4v) is 3.41. The molecule has 8 nitrogen and oxygen atoms in total. The molecular weight excluding hydrogens is 358 g/mol. The molecule has 1 aromatic carbocycles.